The molecule has 0 heterocycles. The highest BCUT2D eigenvalue weighted by atomic mass is 35.5. The molecule has 0 aliphatic carbocycles. The number of carbonyl (C=O) groups excluding carboxylic acids is 2. The van der Waals surface area contributed by atoms with Gasteiger partial charge in [-0.1, -0.05) is 11.6 Å². The molecular weight excluding hydrogens is 292 g/mol. The maximum Gasteiger partial charge on any atom is 0.319 e. The van der Waals surface area contributed by atoms with Crippen LogP contribution >= 0.6 is 11.6 Å². The molecule has 1 rings (SSSR count). The molecule has 0 aliphatic heterocycles. The Bertz CT molecular complexity index is 506. The molecule has 0 bridgehead atoms. The van der Waals surface area contributed by atoms with Gasteiger partial charge in [-0.2, -0.15) is 0 Å². The SMILES string of the molecule is CC(=O)NCCCNC(=O)Nc1cc(Cl)ccc1N(C)C. The second kappa shape index (κ2) is 8.36. The Balaban J connectivity index is 2.47. The molecule has 1 aromatic rings. The summed E-state index contributed by atoms with van der Waals surface area (Å²) >= 11 is 5.95. The molecule has 6 nitrogen and oxygen atoms in total. The van der Waals surface area contributed by atoms with Gasteiger partial charge < -0.3 is 20.9 Å². The van der Waals surface area contributed by atoms with E-state index in [1.807, 2.05) is 25.1 Å². The summed E-state index contributed by atoms with van der Waals surface area (Å²) in [4.78, 5) is 24.4. The molecule has 7 heteroatoms. The smallest absolute Gasteiger partial charge is 0.319 e. The summed E-state index contributed by atoms with van der Waals surface area (Å²) in [6.07, 6.45) is 0.670. The van der Waals surface area contributed by atoms with Crippen molar-refractivity contribution in [2.75, 3.05) is 37.4 Å². The molecule has 3 amide bonds. The highest BCUT2D eigenvalue weighted by molar-refractivity contribution is 6.31. The van der Waals surface area contributed by atoms with Crippen molar-refractivity contribution in [2.24, 2.45) is 0 Å². The Morgan fingerprint density at radius 3 is 2.48 bits per heavy atom. The highest BCUT2D eigenvalue weighted by Crippen LogP contribution is 2.27. The normalized spacial score (nSPS) is 9.90. The summed E-state index contributed by atoms with van der Waals surface area (Å²) in [5.74, 6) is -0.0750. The number of benzene rings is 1. The van der Waals surface area contributed by atoms with Crippen molar-refractivity contribution in [3.8, 4) is 0 Å². The first-order valence-electron chi connectivity index (χ1n) is 6.66. The first-order chi connectivity index (χ1) is 9.90. The lowest BCUT2D eigenvalue weighted by molar-refractivity contribution is -0.118. The van der Waals surface area contributed by atoms with Gasteiger partial charge in [-0.25, -0.2) is 4.79 Å². The summed E-state index contributed by atoms with van der Waals surface area (Å²) < 4.78 is 0. The summed E-state index contributed by atoms with van der Waals surface area (Å²) in [7, 11) is 3.78. The van der Waals surface area contributed by atoms with E-state index in [0.29, 0.717) is 30.2 Å². The number of anilines is 2. The molecule has 0 saturated heterocycles. The van der Waals surface area contributed by atoms with E-state index >= 15 is 0 Å². The monoisotopic (exact) mass is 312 g/mol. The van der Waals surface area contributed by atoms with E-state index in [4.69, 9.17) is 11.6 Å². The standard InChI is InChI=1S/C14H21ClN4O2/c1-10(20)16-7-4-8-17-14(21)18-12-9-11(15)5-6-13(12)19(2)3/h5-6,9H,4,7-8H2,1-3H3,(H,16,20)(H2,17,18,21). The number of nitrogens with zero attached hydrogens (tertiary/aromatic N) is 1. The largest absolute Gasteiger partial charge is 0.376 e. The summed E-state index contributed by atoms with van der Waals surface area (Å²) in [6.45, 7) is 2.47. The van der Waals surface area contributed by atoms with E-state index in [1.165, 1.54) is 6.92 Å². The van der Waals surface area contributed by atoms with E-state index in [-0.39, 0.29) is 11.9 Å². The number of halogens is 1. The zero-order valence-corrected chi connectivity index (χ0v) is 13.3. The predicted molar refractivity (Wildman–Crippen MR) is 86.1 cm³/mol. The average molecular weight is 313 g/mol. The zero-order chi connectivity index (χ0) is 15.8. The van der Waals surface area contributed by atoms with Crippen LogP contribution in [0.4, 0.5) is 16.2 Å². The van der Waals surface area contributed by atoms with Gasteiger partial charge in [0.1, 0.15) is 0 Å². The number of nitrogens with one attached hydrogen (secondary N) is 3. The third kappa shape index (κ3) is 6.35. The van der Waals surface area contributed by atoms with Crippen LogP contribution in [-0.2, 0) is 4.79 Å². The molecule has 0 aliphatic rings. The molecule has 21 heavy (non-hydrogen) atoms. The first-order valence-corrected chi connectivity index (χ1v) is 7.04. The second-order valence-electron chi connectivity index (χ2n) is 4.77. The van der Waals surface area contributed by atoms with Gasteiger partial charge >= 0.3 is 6.03 Å². The average Bonchev–Trinajstić information content (AvgIpc) is 2.37. The van der Waals surface area contributed by atoms with Crippen LogP contribution in [0.15, 0.2) is 18.2 Å². The molecule has 0 atom stereocenters. The van der Waals surface area contributed by atoms with Crippen LogP contribution in [0.5, 0.6) is 0 Å². The van der Waals surface area contributed by atoms with Crippen molar-refractivity contribution in [2.45, 2.75) is 13.3 Å². The summed E-state index contributed by atoms with van der Waals surface area (Å²) in [6, 6.07) is 5.01. The third-order valence-corrected chi connectivity index (χ3v) is 2.94. The van der Waals surface area contributed by atoms with E-state index in [2.05, 4.69) is 16.0 Å². The third-order valence-electron chi connectivity index (χ3n) is 2.70. The lowest BCUT2D eigenvalue weighted by Crippen LogP contribution is -2.32. The van der Waals surface area contributed by atoms with E-state index in [0.717, 1.165) is 5.69 Å². The molecule has 116 valence electrons. The molecular formula is C14H21ClN4O2. The lowest BCUT2D eigenvalue weighted by atomic mass is 10.2. The minimum Gasteiger partial charge on any atom is -0.376 e. The molecule has 0 spiro atoms. The quantitative estimate of drug-likeness (QED) is 0.704. The van der Waals surface area contributed by atoms with Crippen LogP contribution in [0, 0.1) is 0 Å². The van der Waals surface area contributed by atoms with Crippen LogP contribution in [0.1, 0.15) is 13.3 Å². The van der Waals surface area contributed by atoms with Gasteiger partial charge in [-0.3, -0.25) is 4.79 Å². The number of carbonyl (C=O) groups is 2. The topological polar surface area (TPSA) is 73.5 Å². The van der Waals surface area contributed by atoms with Crippen molar-refractivity contribution in [3.63, 3.8) is 0 Å². The van der Waals surface area contributed by atoms with Crippen LogP contribution in [0.2, 0.25) is 5.02 Å². The maximum absolute atomic E-state index is 11.8. The van der Waals surface area contributed by atoms with Crippen molar-refractivity contribution in [1.29, 1.82) is 0 Å². The molecule has 0 radical (unpaired) electrons. The molecule has 0 fully saturated rings. The van der Waals surface area contributed by atoms with Crippen molar-refractivity contribution in [3.05, 3.63) is 23.2 Å². The highest BCUT2D eigenvalue weighted by Gasteiger charge is 2.08. The molecule has 0 unspecified atom stereocenters. The van der Waals surface area contributed by atoms with E-state index in [9.17, 15) is 9.59 Å². The van der Waals surface area contributed by atoms with Crippen LogP contribution in [-0.4, -0.2) is 39.1 Å². The minimum absolute atomic E-state index is 0.0750. The van der Waals surface area contributed by atoms with Crippen molar-refractivity contribution < 1.29 is 9.59 Å². The van der Waals surface area contributed by atoms with Gasteiger partial charge in [0.25, 0.3) is 0 Å². The van der Waals surface area contributed by atoms with Gasteiger partial charge in [0.15, 0.2) is 0 Å². The van der Waals surface area contributed by atoms with Gasteiger partial charge in [-0.05, 0) is 24.6 Å². The predicted octanol–water partition coefficient (Wildman–Crippen LogP) is 2.05. The lowest BCUT2D eigenvalue weighted by Gasteiger charge is -2.18. The fraction of sp³-hybridized carbons (Fsp3) is 0.429. The van der Waals surface area contributed by atoms with Gasteiger partial charge in [0.2, 0.25) is 5.91 Å². The van der Waals surface area contributed by atoms with Crippen LogP contribution in [0.3, 0.4) is 0 Å². The molecule has 0 aromatic heterocycles. The Hall–Kier alpha value is -1.95. The Morgan fingerprint density at radius 1 is 1.19 bits per heavy atom. The van der Waals surface area contributed by atoms with Gasteiger partial charge in [0.05, 0.1) is 11.4 Å². The minimum atomic E-state index is -0.303. The summed E-state index contributed by atoms with van der Waals surface area (Å²) in [5, 5.41) is 8.72. The van der Waals surface area contributed by atoms with Crippen molar-refractivity contribution in [1.82, 2.24) is 10.6 Å². The Labute approximate surface area is 129 Å². The number of amides is 3. The Morgan fingerprint density at radius 2 is 1.86 bits per heavy atom. The Kier molecular flexibility index (Phi) is 6.81. The summed E-state index contributed by atoms with van der Waals surface area (Å²) in [5.41, 5.74) is 1.51. The van der Waals surface area contributed by atoms with Crippen molar-refractivity contribution >= 4 is 34.9 Å². The maximum atomic E-state index is 11.8. The molecule has 0 saturated carbocycles. The number of urea groups is 1. The fourth-order valence-corrected chi connectivity index (χ4v) is 1.89. The van der Waals surface area contributed by atoms with Crippen LogP contribution < -0.4 is 20.9 Å². The number of hydrogen-bond acceptors (Lipinski definition) is 3. The zero-order valence-electron chi connectivity index (χ0n) is 12.5. The number of rotatable bonds is 6. The van der Waals surface area contributed by atoms with E-state index < -0.39 is 0 Å². The second-order valence-corrected chi connectivity index (χ2v) is 5.21. The van der Waals surface area contributed by atoms with E-state index in [1.54, 1.807) is 12.1 Å². The molecule has 3 N–H and O–H groups in total. The fourth-order valence-electron chi connectivity index (χ4n) is 1.72. The molecule has 1 aromatic carbocycles. The van der Waals surface area contributed by atoms with Gasteiger partial charge in [-0.15, -0.1) is 0 Å². The first kappa shape index (κ1) is 17.1. The van der Waals surface area contributed by atoms with Gasteiger partial charge in [0, 0.05) is 39.1 Å². The number of hydrogen-bond donors (Lipinski definition) is 3. The van der Waals surface area contributed by atoms with Crippen LogP contribution in [0.25, 0.3) is 0 Å².